The zero-order valence-corrected chi connectivity index (χ0v) is 16.8. The number of rotatable bonds is 5. The minimum Gasteiger partial charge on any atom is -0.310 e. The number of aromatic nitrogens is 4. The molecule has 0 unspecified atom stereocenters. The van der Waals surface area contributed by atoms with Crippen molar-refractivity contribution in [2.24, 2.45) is 5.92 Å². The van der Waals surface area contributed by atoms with Crippen LogP contribution in [0.25, 0.3) is 27.7 Å². The Kier molecular flexibility index (Phi) is 4.31. The first-order valence-electron chi connectivity index (χ1n) is 10.1. The number of Topliss-reactive ketones (excluding diaryl/α,β-unsaturated/α-hetero) is 1. The Hall–Kier alpha value is -3.61. The van der Waals surface area contributed by atoms with Gasteiger partial charge in [0.15, 0.2) is 5.78 Å². The van der Waals surface area contributed by atoms with Crippen LogP contribution in [0.3, 0.4) is 0 Å². The molecule has 1 N–H and O–H groups in total. The molecular formula is C23H21N5O2. The topological polar surface area (TPSA) is 89.2 Å². The minimum absolute atomic E-state index is 0.0269. The van der Waals surface area contributed by atoms with E-state index >= 15 is 0 Å². The predicted octanol–water partition coefficient (Wildman–Crippen LogP) is 4.19. The second-order valence-electron chi connectivity index (χ2n) is 7.73. The first-order chi connectivity index (χ1) is 14.5. The molecule has 1 aliphatic carbocycles. The molecule has 30 heavy (non-hydrogen) atoms. The van der Waals surface area contributed by atoms with Crippen LogP contribution in [0.15, 0.2) is 43.0 Å². The first-order valence-corrected chi connectivity index (χ1v) is 10.1. The molecular weight excluding hydrogens is 378 g/mol. The summed E-state index contributed by atoms with van der Waals surface area (Å²) in [5.41, 5.74) is 4.99. The van der Waals surface area contributed by atoms with Gasteiger partial charge < -0.3 is 5.32 Å². The molecule has 0 aliphatic heterocycles. The average molecular weight is 399 g/mol. The Morgan fingerprint density at radius 1 is 1.10 bits per heavy atom. The molecule has 0 aromatic carbocycles. The van der Waals surface area contributed by atoms with Gasteiger partial charge in [0.25, 0.3) is 0 Å². The summed E-state index contributed by atoms with van der Waals surface area (Å²) in [5.74, 6) is 0.724. The highest BCUT2D eigenvalue weighted by atomic mass is 16.2. The number of aryl methyl sites for hydroxylation is 1. The molecule has 0 saturated heterocycles. The van der Waals surface area contributed by atoms with Gasteiger partial charge >= 0.3 is 0 Å². The summed E-state index contributed by atoms with van der Waals surface area (Å²) in [7, 11) is 0. The molecule has 5 rings (SSSR count). The van der Waals surface area contributed by atoms with E-state index in [0.717, 1.165) is 46.1 Å². The summed E-state index contributed by atoms with van der Waals surface area (Å²) < 4.78 is 1.99. The lowest BCUT2D eigenvalue weighted by Crippen LogP contribution is -2.14. The quantitative estimate of drug-likeness (QED) is 0.508. The lowest BCUT2D eigenvalue weighted by Gasteiger charge is -2.12. The van der Waals surface area contributed by atoms with Crippen molar-refractivity contribution in [3.05, 3.63) is 54.2 Å². The van der Waals surface area contributed by atoms with Gasteiger partial charge in [-0.05, 0) is 37.5 Å². The van der Waals surface area contributed by atoms with Crippen molar-refractivity contribution in [1.29, 1.82) is 0 Å². The van der Waals surface area contributed by atoms with Crippen molar-refractivity contribution in [3.63, 3.8) is 0 Å². The largest absolute Gasteiger partial charge is 0.310 e. The number of carbonyl (C=O) groups excluding carboxylic acids is 2. The van der Waals surface area contributed by atoms with Gasteiger partial charge in [-0.2, -0.15) is 0 Å². The highest BCUT2D eigenvalue weighted by Crippen LogP contribution is 2.33. The zero-order valence-electron chi connectivity index (χ0n) is 16.8. The van der Waals surface area contributed by atoms with Crippen LogP contribution in [0.1, 0.15) is 42.2 Å². The molecule has 1 fully saturated rings. The van der Waals surface area contributed by atoms with Gasteiger partial charge in [-0.3, -0.25) is 19.0 Å². The number of imidazole rings is 1. The number of anilines is 1. The number of nitrogens with one attached hydrogen (secondary N) is 1. The smallest absolute Gasteiger partial charge is 0.228 e. The molecule has 0 bridgehead atoms. The summed E-state index contributed by atoms with van der Waals surface area (Å²) in [6, 6.07) is 5.74. The van der Waals surface area contributed by atoms with Crippen molar-refractivity contribution in [2.45, 2.75) is 33.1 Å². The van der Waals surface area contributed by atoms with Crippen molar-refractivity contribution >= 4 is 34.1 Å². The number of carbonyl (C=O) groups is 2. The van der Waals surface area contributed by atoms with E-state index in [1.54, 1.807) is 18.6 Å². The average Bonchev–Trinajstić information content (AvgIpc) is 3.49. The second-order valence-corrected chi connectivity index (χ2v) is 7.73. The predicted molar refractivity (Wildman–Crippen MR) is 114 cm³/mol. The SMILES string of the molecule is CCC(=O)c1cc(C)c(-c2cc3cnc(NC(=O)C4CC4)cc3n3ccnc23)cn1. The van der Waals surface area contributed by atoms with Gasteiger partial charge in [0.2, 0.25) is 5.91 Å². The molecule has 1 amide bonds. The molecule has 4 aromatic rings. The van der Waals surface area contributed by atoms with Crippen LogP contribution in [0.4, 0.5) is 5.82 Å². The van der Waals surface area contributed by atoms with Crippen molar-refractivity contribution in [3.8, 4) is 11.1 Å². The minimum atomic E-state index is 0.0269. The van der Waals surface area contributed by atoms with Gasteiger partial charge in [0.05, 0.1) is 5.52 Å². The molecule has 0 spiro atoms. The summed E-state index contributed by atoms with van der Waals surface area (Å²) in [5, 5.41) is 3.83. The number of hydrogen-bond acceptors (Lipinski definition) is 5. The van der Waals surface area contributed by atoms with Gasteiger partial charge in [0, 0.05) is 59.7 Å². The first kappa shape index (κ1) is 18.4. The molecule has 7 nitrogen and oxygen atoms in total. The molecule has 150 valence electrons. The van der Waals surface area contributed by atoms with Crippen molar-refractivity contribution in [1.82, 2.24) is 19.4 Å². The third-order valence-corrected chi connectivity index (χ3v) is 5.56. The maximum Gasteiger partial charge on any atom is 0.228 e. The fourth-order valence-corrected chi connectivity index (χ4v) is 3.70. The fourth-order valence-electron chi connectivity index (χ4n) is 3.70. The number of nitrogens with zero attached hydrogens (tertiary/aromatic N) is 4. The highest BCUT2D eigenvalue weighted by Gasteiger charge is 2.29. The lowest BCUT2D eigenvalue weighted by atomic mass is 10.0. The van der Waals surface area contributed by atoms with Gasteiger partial charge in [0.1, 0.15) is 17.2 Å². The lowest BCUT2D eigenvalue weighted by molar-refractivity contribution is -0.117. The van der Waals surface area contributed by atoms with Crippen LogP contribution in [0.5, 0.6) is 0 Å². The van der Waals surface area contributed by atoms with Crippen LogP contribution in [0, 0.1) is 12.8 Å². The standard InChI is InChI=1S/C23H21N5O2/c1-3-20(29)18-8-13(2)17(12-25-18)16-9-15-11-26-21(27-23(30)14-4-5-14)10-19(15)28-7-6-24-22(16)28/h6-12,14H,3-5H2,1-2H3,(H,26,27,30). The van der Waals surface area contributed by atoms with Gasteiger partial charge in [-0.15, -0.1) is 0 Å². The van der Waals surface area contributed by atoms with Crippen molar-refractivity contribution < 1.29 is 9.59 Å². The van der Waals surface area contributed by atoms with Crippen LogP contribution >= 0.6 is 0 Å². The summed E-state index contributed by atoms with van der Waals surface area (Å²) in [4.78, 5) is 37.4. The highest BCUT2D eigenvalue weighted by molar-refractivity contribution is 5.98. The number of ketones is 1. The molecule has 4 aromatic heterocycles. The maximum absolute atomic E-state index is 12.1. The number of pyridine rings is 3. The second kappa shape index (κ2) is 7.02. The van der Waals surface area contributed by atoms with Crippen LogP contribution in [0.2, 0.25) is 0 Å². The number of hydrogen-bond donors (Lipinski definition) is 1. The monoisotopic (exact) mass is 399 g/mol. The summed E-state index contributed by atoms with van der Waals surface area (Å²) >= 11 is 0. The third-order valence-electron chi connectivity index (χ3n) is 5.56. The molecule has 0 radical (unpaired) electrons. The van der Waals surface area contributed by atoms with Crippen molar-refractivity contribution in [2.75, 3.05) is 5.32 Å². The van der Waals surface area contributed by atoms with E-state index in [4.69, 9.17) is 0 Å². The van der Waals surface area contributed by atoms with E-state index in [0.29, 0.717) is 17.9 Å². The van der Waals surface area contributed by atoms with Crippen LogP contribution in [-0.4, -0.2) is 31.0 Å². The van der Waals surface area contributed by atoms with E-state index in [9.17, 15) is 9.59 Å². The Balaban J connectivity index is 1.62. The Morgan fingerprint density at radius 3 is 2.67 bits per heavy atom. The molecule has 1 saturated carbocycles. The number of fused-ring (bicyclic) bond motifs is 3. The third kappa shape index (κ3) is 3.12. The normalized spacial score (nSPS) is 13.7. The van der Waals surface area contributed by atoms with E-state index in [1.807, 2.05) is 42.6 Å². The summed E-state index contributed by atoms with van der Waals surface area (Å²) in [6.07, 6.45) is 9.47. The zero-order chi connectivity index (χ0) is 20.8. The Labute approximate surface area is 173 Å². The molecule has 1 aliphatic rings. The van der Waals surface area contributed by atoms with E-state index in [2.05, 4.69) is 20.3 Å². The molecule has 4 heterocycles. The summed E-state index contributed by atoms with van der Waals surface area (Å²) in [6.45, 7) is 3.81. The fraction of sp³-hybridized carbons (Fsp3) is 0.261. The van der Waals surface area contributed by atoms with Gasteiger partial charge in [-0.25, -0.2) is 9.97 Å². The van der Waals surface area contributed by atoms with Crippen LogP contribution in [-0.2, 0) is 4.79 Å². The van der Waals surface area contributed by atoms with Gasteiger partial charge in [-0.1, -0.05) is 6.92 Å². The molecule has 7 heteroatoms. The van der Waals surface area contributed by atoms with E-state index in [-0.39, 0.29) is 17.6 Å². The Morgan fingerprint density at radius 2 is 1.93 bits per heavy atom. The number of amides is 1. The maximum atomic E-state index is 12.1. The van der Waals surface area contributed by atoms with E-state index < -0.39 is 0 Å². The van der Waals surface area contributed by atoms with Crippen LogP contribution < -0.4 is 5.32 Å². The molecule has 0 atom stereocenters. The van der Waals surface area contributed by atoms with E-state index in [1.165, 1.54) is 0 Å². The Bertz CT molecular complexity index is 1320.